The van der Waals surface area contributed by atoms with E-state index >= 15 is 0 Å². The maximum absolute atomic E-state index is 12.3. The average molecular weight is 299 g/mol. The summed E-state index contributed by atoms with van der Waals surface area (Å²) in [5.74, 6) is -0.496. The highest BCUT2D eigenvalue weighted by Gasteiger charge is 2.27. The van der Waals surface area contributed by atoms with Crippen LogP contribution in [0.4, 0.5) is 0 Å². The molecule has 1 unspecified atom stereocenters. The number of esters is 1. The second kappa shape index (κ2) is 6.67. The van der Waals surface area contributed by atoms with Gasteiger partial charge in [-0.05, 0) is 12.1 Å². The number of pyridine rings is 1. The van der Waals surface area contributed by atoms with Gasteiger partial charge in [0.1, 0.15) is 5.15 Å². The zero-order valence-corrected chi connectivity index (χ0v) is 11.8. The Morgan fingerprint density at radius 3 is 3.00 bits per heavy atom. The second-order valence-corrected chi connectivity index (χ2v) is 4.78. The number of nitrogens with zero attached hydrogens (tertiary/aromatic N) is 2. The molecular weight excluding hydrogens is 284 g/mol. The summed E-state index contributed by atoms with van der Waals surface area (Å²) in [5.41, 5.74) is 0.466. The van der Waals surface area contributed by atoms with Crippen molar-refractivity contribution < 1.29 is 19.1 Å². The van der Waals surface area contributed by atoms with Crippen LogP contribution < -0.4 is 0 Å². The van der Waals surface area contributed by atoms with Crippen LogP contribution in [-0.4, -0.2) is 54.7 Å². The number of halogens is 1. The van der Waals surface area contributed by atoms with Gasteiger partial charge in [-0.1, -0.05) is 11.6 Å². The van der Waals surface area contributed by atoms with Crippen molar-refractivity contribution in [3.63, 3.8) is 0 Å². The molecule has 1 aromatic rings. The Morgan fingerprint density at radius 2 is 2.35 bits per heavy atom. The van der Waals surface area contributed by atoms with Crippen molar-refractivity contribution in [3.05, 3.63) is 29.0 Å². The molecule has 0 aromatic carbocycles. The molecule has 2 heterocycles. The van der Waals surface area contributed by atoms with Gasteiger partial charge in [-0.15, -0.1) is 0 Å². The molecule has 1 fully saturated rings. The monoisotopic (exact) mass is 298 g/mol. The van der Waals surface area contributed by atoms with E-state index < -0.39 is 0 Å². The van der Waals surface area contributed by atoms with Crippen molar-refractivity contribution in [1.82, 2.24) is 9.88 Å². The number of amides is 1. The zero-order valence-electron chi connectivity index (χ0n) is 11.0. The lowest BCUT2D eigenvalue weighted by Gasteiger charge is -2.32. The third kappa shape index (κ3) is 3.68. The Kier molecular flexibility index (Phi) is 4.92. The second-order valence-electron chi connectivity index (χ2n) is 4.39. The molecule has 0 radical (unpaired) electrons. The number of ether oxygens (including phenoxy) is 2. The topological polar surface area (TPSA) is 68.7 Å². The molecule has 108 valence electrons. The molecule has 0 saturated carbocycles. The Labute approximate surface area is 121 Å². The van der Waals surface area contributed by atoms with Crippen LogP contribution in [0.3, 0.4) is 0 Å². The van der Waals surface area contributed by atoms with E-state index in [0.29, 0.717) is 30.4 Å². The fraction of sp³-hybridized carbons (Fsp3) is 0.462. The van der Waals surface area contributed by atoms with Gasteiger partial charge in [-0.25, -0.2) is 4.98 Å². The number of methoxy groups -OCH3 is 1. The van der Waals surface area contributed by atoms with Gasteiger partial charge in [-0.3, -0.25) is 9.59 Å². The Hall–Kier alpha value is -1.66. The van der Waals surface area contributed by atoms with Crippen molar-refractivity contribution in [2.45, 2.75) is 12.5 Å². The maximum atomic E-state index is 12.3. The predicted octanol–water partition coefficient (Wildman–Crippen LogP) is 1.14. The minimum absolute atomic E-state index is 0.138. The fourth-order valence-electron chi connectivity index (χ4n) is 1.98. The van der Waals surface area contributed by atoms with Crippen LogP contribution in [0.1, 0.15) is 16.8 Å². The Balaban J connectivity index is 1.99. The highest BCUT2D eigenvalue weighted by molar-refractivity contribution is 6.29. The molecule has 1 saturated heterocycles. The summed E-state index contributed by atoms with van der Waals surface area (Å²) in [6.07, 6.45) is 1.25. The molecule has 1 atom stereocenters. The van der Waals surface area contributed by atoms with Crippen molar-refractivity contribution in [2.24, 2.45) is 0 Å². The first-order valence-electron chi connectivity index (χ1n) is 6.19. The smallest absolute Gasteiger partial charge is 0.308 e. The van der Waals surface area contributed by atoms with E-state index in [2.05, 4.69) is 9.72 Å². The summed E-state index contributed by atoms with van der Waals surface area (Å²) in [4.78, 5) is 29.0. The van der Waals surface area contributed by atoms with Gasteiger partial charge in [0.15, 0.2) is 0 Å². The summed E-state index contributed by atoms with van der Waals surface area (Å²) >= 11 is 5.69. The minimum atomic E-state index is -0.350. The summed E-state index contributed by atoms with van der Waals surface area (Å²) < 4.78 is 10.1. The molecule has 1 aliphatic heterocycles. The zero-order chi connectivity index (χ0) is 14.5. The largest absolute Gasteiger partial charge is 0.469 e. The normalized spacial score (nSPS) is 18.7. The summed E-state index contributed by atoms with van der Waals surface area (Å²) in [6.45, 7) is 1.24. The van der Waals surface area contributed by atoms with E-state index in [-0.39, 0.29) is 24.4 Å². The summed E-state index contributed by atoms with van der Waals surface area (Å²) in [7, 11) is 1.33. The van der Waals surface area contributed by atoms with E-state index in [0.717, 1.165) is 0 Å². The first-order valence-corrected chi connectivity index (χ1v) is 6.57. The molecule has 2 rings (SSSR count). The van der Waals surface area contributed by atoms with Crippen molar-refractivity contribution in [1.29, 1.82) is 0 Å². The van der Waals surface area contributed by atoms with E-state index in [1.165, 1.54) is 13.3 Å². The average Bonchev–Trinajstić information content (AvgIpc) is 2.47. The van der Waals surface area contributed by atoms with E-state index in [1.807, 2.05) is 0 Å². The number of morpholine rings is 1. The first kappa shape index (κ1) is 14.7. The molecule has 0 bridgehead atoms. The highest BCUT2D eigenvalue weighted by Crippen LogP contribution is 2.14. The highest BCUT2D eigenvalue weighted by atomic mass is 35.5. The maximum Gasteiger partial charge on any atom is 0.308 e. The molecular formula is C13H15ClN2O4. The summed E-state index contributed by atoms with van der Waals surface area (Å²) in [6, 6.07) is 3.20. The van der Waals surface area contributed by atoms with E-state index in [4.69, 9.17) is 16.3 Å². The quantitative estimate of drug-likeness (QED) is 0.618. The Bertz CT molecular complexity index is 492. The predicted molar refractivity (Wildman–Crippen MR) is 71.5 cm³/mol. The lowest BCUT2D eigenvalue weighted by atomic mass is 10.1. The van der Waals surface area contributed by atoms with E-state index in [1.54, 1.807) is 17.0 Å². The molecule has 0 aliphatic carbocycles. The van der Waals surface area contributed by atoms with Gasteiger partial charge in [0, 0.05) is 19.3 Å². The fourth-order valence-corrected chi connectivity index (χ4v) is 2.09. The van der Waals surface area contributed by atoms with Crippen LogP contribution in [0.5, 0.6) is 0 Å². The molecule has 0 spiro atoms. The molecule has 1 amide bonds. The lowest BCUT2D eigenvalue weighted by molar-refractivity contribution is -0.145. The number of hydrogen-bond acceptors (Lipinski definition) is 5. The van der Waals surface area contributed by atoms with Crippen LogP contribution >= 0.6 is 11.6 Å². The van der Waals surface area contributed by atoms with Gasteiger partial charge in [0.05, 0.1) is 31.8 Å². The van der Waals surface area contributed by atoms with Crippen LogP contribution in [-0.2, 0) is 14.3 Å². The van der Waals surface area contributed by atoms with Crippen LogP contribution in [0.25, 0.3) is 0 Å². The van der Waals surface area contributed by atoms with Crippen molar-refractivity contribution in [3.8, 4) is 0 Å². The number of carbonyl (C=O) groups is 2. The van der Waals surface area contributed by atoms with E-state index in [9.17, 15) is 9.59 Å². The molecule has 7 heteroatoms. The van der Waals surface area contributed by atoms with Crippen LogP contribution in [0.2, 0.25) is 5.15 Å². The number of rotatable bonds is 3. The van der Waals surface area contributed by atoms with Crippen LogP contribution in [0.15, 0.2) is 18.3 Å². The molecule has 1 aromatic heterocycles. The third-order valence-electron chi connectivity index (χ3n) is 3.02. The number of hydrogen-bond donors (Lipinski definition) is 0. The number of aromatic nitrogens is 1. The van der Waals surface area contributed by atoms with Gasteiger partial charge < -0.3 is 14.4 Å². The lowest BCUT2D eigenvalue weighted by Crippen LogP contribution is -2.46. The van der Waals surface area contributed by atoms with Gasteiger partial charge in [0.2, 0.25) is 0 Å². The van der Waals surface area contributed by atoms with Crippen molar-refractivity contribution >= 4 is 23.5 Å². The van der Waals surface area contributed by atoms with Gasteiger partial charge >= 0.3 is 5.97 Å². The minimum Gasteiger partial charge on any atom is -0.469 e. The molecule has 1 aliphatic rings. The standard InChI is InChI=1S/C13H15ClN2O4/c1-19-12(17)6-10-8-16(4-5-20-10)13(18)9-2-3-11(14)15-7-9/h2-3,7,10H,4-6,8H2,1H3. The molecule has 20 heavy (non-hydrogen) atoms. The third-order valence-corrected chi connectivity index (χ3v) is 3.25. The first-order chi connectivity index (χ1) is 9.60. The Morgan fingerprint density at radius 1 is 1.55 bits per heavy atom. The molecule has 6 nitrogen and oxygen atoms in total. The van der Waals surface area contributed by atoms with Crippen LogP contribution in [0, 0.1) is 0 Å². The van der Waals surface area contributed by atoms with Gasteiger partial charge in [0.25, 0.3) is 5.91 Å². The van der Waals surface area contributed by atoms with Crippen molar-refractivity contribution in [2.75, 3.05) is 26.8 Å². The summed E-state index contributed by atoms with van der Waals surface area (Å²) in [5, 5.41) is 0.340. The molecule has 0 N–H and O–H groups in total. The number of carbonyl (C=O) groups excluding carboxylic acids is 2. The van der Waals surface area contributed by atoms with Gasteiger partial charge in [-0.2, -0.15) is 0 Å². The SMILES string of the molecule is COC(=O)CC1CN(C(=O)c2ccc(Cl)nc2)CCO1.